The molecule has 0 aliphatic carbocycles. The molecule has 1 aromatic carbocycles. The van der Waals surface area contributed by atoms with E-state index in [0.717, 1.165) is 48.3 Å². The molecule has 1 atom stereocenters. The molecule has 6 nitrogen and oxygen atoms in total. The smallest absolute Gasteiger partial charge is 0.250 e. The standard InChI is InChI=1S/C22H26N4O2/c1-2-19-23-14-17-11-13-25(15-18(17)24-19)22(28)21(16-8-4-3-5-9-16)26-12-7-6-10-20(26)27/h3-5,8-9,14,21H,2,6-7,10-13,15H2,1H3. The number of amides is 2. The number of piperidine rings is 1. The van der Waals surface area contributed by atoms with Gasteiger partial charge < -0.3 is 9.80 Å². The molecule has 2 aliphatic rings. The Balaban J connectivity index is 1.63. The van der Waals surface area contributed by atoms with E-state index < -0.39 is 6.04 Å². The molecule has 3 heterocycles. The quantitative estimate of drug-likeness (QED) is 0.820. The number of benzene rings is 1. The average Bonchev–Trinajstić information content (AvgIpc) is 2.75. The number of aromatic nitrogens is 2. The maximum Gasteiger partial charge on any atom is 0.250 e. The minimum Gasteiger partial charge on any atom is -0.334 e. The third kappa shape index (κ3) is 3.63. The molecule has 6 heteroatoms. The number of carbonyl (C=O) groups is 2. The average molecular weight is 378 g/mol. The van der Waals surface area contributed by atoms with Gasteiger partial charge in [-0.25, -0.2) is 9.97 Å². The highest BCUT2D eigenvalue weighted by molar-refractivity contribution is 5.89. The van der Waals surface area contributed by atoms with Crippen molar-refractivity contribution in [2.24, 2.45) is 0 Å². The van der Waals surface area contributed by atoms with Crippen molar-refractivity contribution in [2.75, 3.05) is 13.1 Å². The molecule has 2 amide bonds. The Morgan fingerprint density at radius 1 is 1.14 bits per heavy atom. The molecule has 2 aliphatic heterocycles. The Bertz CT molecular complexity index is 868. The van der Waals surface area contributed by atoms with Gasteiger partial charge >= 0.3 is 0 Å². The highest BCUT2D eigenvalue weighted by Crippen LogP contribution is 2.29. The van der Waals surface area contributed by atoms with Crippen LogP contribution in [0.1, 0.15) is 54.9 Å². The molecule has 28 heavy (non-hydrogen) atoms. The summed E-state index contributed by atoms with van der Waals surface area (Å²) in [5, 5.41) is 0. The lowest BCUT2D eigenvalue weighted by Gasteiger charge is -2.38. The molecule has 4 rings (SSSR count). The third-order valence-corrected chi connectivity index (χ3v) is 5.64. The number of likely N-dealkylation sites (tertiary alicyclic amines) is 1. The molecule has 0 saturated carbocycles. The zero-order chi connectivity index (χ0) is 19.5. The Morgan fingerprint density at radius 3 is 2.71 bits per heavy atom. The molecule has 1 saturated heterocycles. The van der Waals surface area contributed by atoms with Crippen LogP contribution in [-0.4, -0.2) is 44.7 Å². The summed E-state index contributed by atoms with van der Waals surface area (Å²) in [5.74, 6) is 0.865. The van der Waals surface area contributed by atoms with Gasteiger partial charge in [-0.1, -0.05) is 37.3 Å². The predicted molar refractivity (Wildman–Crippen MR) is 105 cm³/mol. The summed E-state index contributed by atoms with van der Waals surface area (Å²) in [6, 6.07) is 9.12. The van der Waals surface area contributed by atoms with Gasteiger partial charge in [0.05, 0.1) is 12.2 Å². The number of fused-ring (bicyclic) bond motifs is 1. The summed E-state index contributed by atoms with van der Waals surface area (Å²) < 4.78 is 0. The topological polar surface area (TPSA) is 66.4 Å². The lowest BCUT2D eigenvalue weighted by molar-refractivity contribution is -0.148. The van der Waals surface area contributed by atoms with E-state index in [-0.39, 0.29) is 11.8 Å². The summed E-state index contributed by atoms with van der Waals surface area (Å²) in [5.41, 5.74) is 2.93. The second-order valence-corrected chi connectivity index (χ2v) is 7.48. The van der Waals surface area contributed by atoms with E-state index in [4.69, 9.17) is 0 Å². The SMILES string of the molecule is CCc1ncc2c(n1)CN(C(=O)C(c1ccccc1)N1CCCCC1=O)CC2. The second-order valence-electron chi connectivity index (χ2n) is 7.48. The molecule has 0 N–H and O–H groups in total. The van der Waals surface area contributed by atoms with Crippen molar-refractivity contribution >= 4 is 11.8 Å². The van der Waals surface area contributed by atoms with Crippen LogP contribution in [0.2, 0.25) is 0 Å². The van der Waals surface area contributed by atoms with Crippen LogP contribution >= 0.6 is 0 Å². The van der Waals surface area contributed by atoms with Gasteiger partial charge in [0.25, 0.3) is 0 Å². The summed E-state index contributed by atoms with van der Waals surface area (Å²) in [4.78, 5) is 38.9. The number of nitrogens with zero attached hydrogens (tertiary/aromatic N) is 4. The zero-order valence-corrected chi connectivity index (χ0v) is 16.3. The fraction of sp³-hybridized carbons (Fsp3) is 0.455. The summed E-state index contributed by atoms with van der Waals surface area (Å²) in [6.45, 7) is 3.78. The van der Waals surface area contributed by atoms with Gasteiger partial charge in [-0.05, 0) is 30.4 Å². The number of carbonyl (C=O) groups excluding carboxylic acids is 2. The van der Waals surface area contributed by atoms with Crippen LogP contribution in [0.15, 0.2) is 36.5 Å². The van der Waals surface area contributed by atoms with Crippen LogP contribution < -0.4 is 0 Å². The summed E-state index contributed by atoms with van der Waals surface area (Å²) in [6.07, 6.45) is 5.78. The van der Waals surface area contributed by atoms with Gasteiger partial charge in [0.15, 0.2) is 0 Å². The highest BCUT2D eigenvalue weighted by atomic mass is 16.2. The van der Waals surface area contributed by atoms with Gasteiger partial charge in [0, 0.05) is 32.1 Å². The third-order valence-electron chi connectivity index (χ3n) is 5.64. The van der Waals surface area contributed by atoms with Crippen molar-refractivity contribution in [3.8, 4) is 0 Å². The van der Waals surface area contributed by atoms with E-state index in [1.807, 2.05) is 48.4 Å². The second kappa shape index (κ2) is 8.09. The Kier molecular flexibility index (Phi) is 5.37. The van der Waals surface area contributed by atoms with E-state index in [2.05, 4.69) is 9.97 Å². The molecule has 1 unspecified atom stereocenters. The van der Waals surface area contributed by atoms with Crippen LogP contribution in [-0.2, 0) is 29.0 Å². The first-order valence-corrected chi connectivity index (χ1v) is 10.1. The van der Waals surface area contributed by atoms with Crippen LogP contribution in [0.3, 0.4) is 0 Å². The highest BCUT2D eigenvalue weighted by Gasteiger charge is 2.36. The van der Waals surface area contributed by atoms with Crippen LogP contribution in [0, 0.1) is 0 Å². The maximum absolute atomic E-state index is 13.6. The molecule has 1 aromatic heterocycles. The molecular weight excluding hydrogens is 352 g/mol. The molecule has 146 valence electrons. The van der Waals surface area contributed by atoms with Gasteiger partial charge in [-0.3, -0.25) is 9.59 Å². The van der Waals surface area contributed by atoms with Gasteiger partial charge in [0.1, 0.15) is 11.9 Å². The number of rotatable bonds is 4. The number of aryl methyl sites for hydroxylation is 1. The van der Waals surface area contributed by atoms with Crippen molar-refractivity contribution in [1.29, 1.82) is 0 Å². The van der Waals surface area contributed by atoms with Crippen LogP contribution in [0.5, 0.6) is 0 Å². The van der Waals surface area contributed by atoms with E-state index in [0.29, 0.717) is 26.1 Å². The Labute approximate surface area is 165 Å². The van der Waals surface area contributed by atoms with Crippen molar-refractivity contribution in [3.05, 3.63) is 59.2 Å². The summed E-state index contributed by atoms with van der Waals surface area (Å²) >= 11 is 0. The van der Waals surface area contributed by atoms with Gasteiger partial charge in [-0.2, -0.15) is 0 Å². The first kappa shape index (κ1) is 18.6. The minimum atomic E-state index is -0.553. The van der Waals surface area contributed by atoms with Crippen LogP contribution in [0.4, 0.5) is 0 Å². The van der Waals surface area contributed by atoms with E-state index >= 15 is 0 Å². The molecule has 2 aromatic rings. The molecule has 0 radical (unpaired) electrons. The lowest BCUT2D eigenvalue weighted by Crippen LogP contribution is -2.48. The summed E-state index contributed by atoms with van der Waals surface area (Å²) in [7, 11) is 0. The van der Waals surface area contributed by atoms with Crippen molar-refractivity contribution < 1.29 is 9.59 Å². The Morgan fingerprint density at radius 2 is 1.96 bits per heavy atom. The maximum atomic E-state index is 13.6. The van der Waals surface area contributed by atoms with Gasteiger partial charge in [-0.15, -0.1) is 0 Å². The van der Waals surface area contributed by atoms with Gasteiger partial charge in [0.2, 0.25) is 11.8 Å². The van der Waals surface area contributed by atoms with Crippen LogP contribution in [0.25, 0.3) is 0 Å². The molecule has 1 fully saturated rings. The first-order chi connectivity index (χ1) is 13.7. The molecule has 0 spiro atoms. The van der Waals surface area contributed by atoms with E-state index in [1.54, 1.807) is 4.90 Å². The zero-order valence-electron chi connectivity index (χ0n) is 16.3. The Hall–Kier alpha value is -2.76. The minimum absolute atomic E-state index is 0.0104. The molecular formula is C22H26N4O2. The van der Waals surface area contributed by atoms with Crippen molar-refractivity contribution in [2.45, 2.75) is 51.6 Å². The number of hydrogen-bond donors (Lipinski definition) is 0. The molecule has 0 bridgehead atoms. The fourth-order valence-electron chi connectivity index (χ4n) is 4.07. The largest absolute Gasteiger partial charge is 0.334 e. The fourth-order valence-corrected chi connectivity index (χ4v) is 4.07. The normalized spacial score (nSPS) is 18.0. The predicted octanol–water partition coefficient (Wildman–Crippen LogP) is 2.68. The first-order valence-electron chi connectivity index (χ1n) is 10.1. The number of hydrogen-bond acceptors (Lipinski definition) is 4. The van der Waals surface area contributed by atoms with Crippen molar-refractivity contribution in [1.82, 2.24) is 19.8 Å². The lowest BCUT2D eigenvalue weighted by atomic mass is 9.98. The monoisotopic (exact) mass is 378 g/mol. The van der Waals surface area contributed by atoms with E-state index in [9.17, 15) is 9.59 Å². The van der Waals surface area contributed by atoms with Crippen molar-refractivity contribution in [3.63, 3.8) is 0 Å². The van der Waals surface area contributed by atoms with E-state index in [1.165, 1.54) is 0 Å².